The molecule has 1 amide bonds. The predicted octanol–water partition coefficient (Wildman–Crippen LogP) is 3.10. The van der Waals surface area contributed by atoms with E-state index in [0.29, 0.717) is 10.8 Å². The summed E-state index contributed by atoms with van der Waals surface area (Å²) in [5.74, 6) is 1.23. The monoisotopic (exact) mass is 279 g/mol. The molecular weight excluding hydrogens is 258 g/mol. The quantitative estimate of drug-likeness (QED) is 0.890. The van der Waals surface area contributed by atoms with Crippen molar-refractivity contribution in [1.82, 2.24) is 5.32 Å². The number of amides is 1. The number of aromatic hydroxyl groups is 1. The predicted molar refractivity (Wildman–Crippen MR) is 79.9 cm³/mol. The molecule has 0 heterocycles. The average Bonchev–Trinajstić information content (AvgIpc) is 2.80. The molecule has 0 aliphatic heterocycles. The second-order valence-electron chi connectivity index (χ2n) is 5.06. The Bertz CT molecular complexity index is 461. The van der Waals surface area contributed by atoms with Crippen molar-refractivity contribution >= 4 is 17.7 Å². The molecule has 1 aliphatic carbocycles. The molecule has 3 nitrogen and oxygen atoms in total. The lowest BCUT2D eigenvalue weighted by Crippen LogP contribution is -2.33. The standard InChI is InChI=1S/C15H21NO2S/c1-3-19-13-7-6-12(9-13)16-15(18)11-5-4-10(2)14(17)8-11/h4-5,8,12-13,17H,3,6-7,9H2,1-2H3,(H,16,18). The molecule has 1 aromatic carbocycles. The van der Waals surface area contributed by atoms with Gasteiger partial charge in [0, 0.05) is 16.9 Å². The number of thioether (sulfide) groups is 1. The summed E-state index contributed by atoms with van der Waals surface area (Å²) in [6, 6.07) is 5.35. The van der Waals surface area contributed by atoms with Crippen LogP contribution < -0.4 is 5.32 Å². The van der Waals surface area contributed by atoms with E-state index in [9.17, 15) is 9.90 Å². The third-order valence-corrected chi connectivity index (χ3v) is 4.83. The van der Waals surface area contributed by atoms with Gasteiger partial charge in [-0.3, -0.25) is 4.79 Å². The lowest BCUT2D eigenvalue weighted by molar-refractivity contribution is 0.0937. The van der Waals surface area contributed by atoms with Gasteiger partial charge in [0.05, 0.1) is 0 Å². The minimum atomic E-state index is -0.0811. The Morgan fingerprint density at radius 2 is 2.26 bits per heavy atom. The summed E-state index contributed by atoms with van der Waals surface area (Å²) in [5.41, 5.74) is 1.33. The van der Waals surface area contributed by atoms with E-state index < -0.39 is 0 Å². The Balaban J connectivity index is 1.92. The Kier molecular flexibility index (Phi) is 4.75. The summed E-state index contributed by atoms with van der Waals surface area (Å²) < 4.78 is 0. The molecule has 1 fully saturated rings. The maximum absolute atomic E-state index is 12.1. The molecule has 0 saturated heterocycles. The number of aryl methyl sites for hydroxylation is 1. The number of rotatable bonds is 4. The van der Waals surface area contributed by atoms with Crippen molar-refractivity contribution in [2.24, 2.45) is 0 Å². The van der Waals surface area contributed by atoms with Crippen LogP contribution in [0.2, 0.25) is 0 Å². The first-order valence-electron chi connectivity index (χ1n) is 6.82. The van der Waals surface area contributed by atoms with Crippen molar-refractivity contribution in [3.05, 3.63) is 29.3 Å². The van der Waals surface area contributed by atoms with E-state index in [1.54, 1.807) is 12.1 Å². The van der Waals surface area contributed by atoms with Crippen LogP contribution in [0.25, 0.3) is 0 Å². The molecule has 2 rings (SSSR count). The van der Waals surface area contributed by atoms with Crippen LogP contribution in [0.5, 0.6) is 5.75 Å². The van der Waals surface area contributed by atoms with Crippen LogP contribution in [0.3, 0.4) is 0 Å². The van der Waals surface area contributed by atoms with Crippen LogP contribution in [0.1, 0.15) is 42.1 Å². The highest BCUT2D eigenvalue weighted by Crippen LogP contribution is 2.30. The third kappa shape index (κ3) is 3.66. The van der Waals surface area contributed by atoms with Crippen LogP contribution in [-0.2, 0) is 0 Å². The van der Waals surface area contributed by atoms with Crippen molar-refractivity contribution in [2.45, 2.75) is 44.4 Å². The lowest BCUT2D eigenvalue weighted by Gasteiger charge is -2.13. The first-order valence-corrected chi connectivity index (χ1v) is 7.87. The van der Waals surface area contributed by atoms with Crippen LogP contribution in [0.15, 0.2) is 18.2 Å². The number of phenolic OH excluding ortho intramolecular Hbond substituents is 1. The van der Waals surface area contributed by atoms with E-state index in [2.05, 4.69) is 12.2 Å². The lowest BCUT2D eigenvalue weighted by atomic mass is 10.1. The van der Waals surface area contributed by atoms with Gasteiger partial charge in [-0.2, -0.15) is 11.8 Å². The molecule has 0 spiro atoms. The highest BCUT2D eigenvalue weighted by atomic mass is 32.2. The van der Waals surface area contributed by atoms with Gasteiger partial charge in [-0.05, 0) is 49.6 Å². The van der Waals surface area contributed by atoms with Gasteiger partial charge in [-0.25, -0.2) is 0 Å². The zero-order valence-electron chi connectivity index (χ0n) is 11.5. The fourth-order valence-corrected chi connectivity index (χ4v) is 3.62. The number of nitrogens with one attached hydrogen (secondary N) is 1. The van der Waals surface area contributed by atoms with Crippen LogP contribution in [-0.4, -0.2) is 28.1 Å². The molecule has 0 bridgehead atoms. The zero-order chi connectivity index (χ0) is 13.8. The van der Waals surface area contributed by atoms with Crippen molar-refractivity contribution in [1.29, 1.82) is 0 Å². The van der Waals surface area contributed by atoms with Gasteiger partial charge >= 0.3 is 0 Å². The molecule has 1 saturated carbocycles. The van der Waals surface area contributed by atoms with E-state index in [1.807, 2.05) is 18.7 Å². The smallest absolute Gasteiger partial charge is 0.251 e. The minimum absolute atomic E-state index is 0.0811. The second-order valence-corrected chi connectivity index (χ2v) is 6.64. The maximum Gasteiger partial charge on any atom is 0.251 e. The summed E-state index contributed by atoms with van der Waals surface area (Å²) >= 11 is 1.98. The molecule has 2 unspecified atom stereocenters. The van der Waals surface area contributed by atoms with E-state index >= 15 is 0 Å². The SMILES string of the molecule is CCSC1CCC(NC(=O)c2ccc(C)c(O)c2)C1. The average molecular weight is 279 g/mol. The number of hydrogen-bond acceptors (Lipinski definition) is 3. The fraction of sp³-hybridized carbons (Fsp3) is 0.533. The van der Waals surface area contributed by atoms with Crippen molar-refractivity contribution in [3.8, 4) is 5.75 Å². The molecule has 1 aromatic rings. The van der Waals surface area contributed by atoms with E-state index in [0.717, 1.165) is 24.2 Å². The Hall–Kier alpha value is -1.16. The van der Waals surface area contributed by atoms with Gasteiger partial charge in [0.25, 0.3) is 5.91 Å². The molecule has 2 N–H and O–H groups in total. The molecule has 1 aliphatic rings. The molecular formula is C15H21NO2S. The topological polar surface area (TPSA) is 49.3 Å². The first-order chi connectivity index (χ1) is 9.10. The molecule has 0 radical (unpaired) electrons. The first kappa shape index (κ1) is 14.3. The highest BCUT2D eigenvalue weighted by molar-refractivity contribution is 7.99. The summed E-state index contributed by atoms with van der Waals surface area (Å²) in [4.78, 5) is 12.1. The number of phenols is 1. The van der Waals surface area contributed by atoms with Crippen LogP contribution in [0.4, 0.5) is 0 Å². The van der Waals surface area contributed by atoms with Crippen molar-refractivity contribution in [2.75, 3.05) is 5.75 Å². The summed E-state index contributed by atoms with van der Waals surface area (Å²) in [5, 5.41) is 13.4. The number of hydrogen-bond donors (Lipinski definition) is 2. The summed E-state index contributed by atoms with van der Waals surface area (Å²) in [6.45, 7) is 3.99. The zero-order valence-corrected chi connectivity index (χ0v) is 12.3. The fourth-order valence-electron chi connectivity index (χ4n) is 2.48. The number of carbonyl (C=O) groups excluding carboxylic acids is 1. The maximum atomic E-state index is 12.1. The molecule has 4 heteroatoms. The molecule has 0 aromatic heterocycles. The van der Waals surface area contributed by atoms with Gasteiger partial charge in [-0.1, -0.05) is 13.0 Å². The van der Waals surface area contributed by atoms with Crippen LogP contribution in [0, 0.1) is 6.92 Å². The normalized spacial score (nSPS) is 22.4. The van der Waals surface area contributed by atoms with Gasteiger partial charge in [0.15, 0.2) is 0 Å². The van der Waals surface area contributed by atoms with E-state index in [-0.39, 0.29) is 17.7 Å². The number of carbonyl (C=O) groups is 1. The molecule has 2 atom stereocenters. The second kappa shape index (κ2) is 6.33. The Morgan fingerprint density at radius 3 is 2.95 bits per heavy atom. The molecule has 104 valence electrons. The number of benzene rings is 1. The Labute approximate surface area is 118 Å². The minimum Gasteiger partial charge on any atom is -0.508 e. The van der Waals surface area contributed by atoms with Gasteiger partial charge in [0.2, 0.25) is 0 Å². The Morgan fingerprint density at radius 1 is 1.47 bits per heavy atom. The van der Waals surface area contributed by atoms with E-state index in [1.165, 1.54) is 12.5 Å². The molecule has 19 heavy (non-hydrogen) atoms. The third-order valence-electron chi connectivity index (χ3n) is 3.59. The summed E-state index contributed by atoms with van der Waals surface area (Å²) in [6.07, 6.45) is 3.30. The van der Waals surface area contributed by atoms with Crippen molar-refractivity contribution in [3.63, 3.8) is 0 Å². The van der Waals surface area contributed by atoms with E-state index in [4.69, 9.17) is 0 Å². The van der Waals surface area contributed by atoms with Crippen molar-refractivity contribution < 1.29 is 9.90 Å². The van der Waals surface area contributed by atoms with Crippen LogP contribution >= 0.6 is 11.8 Å². The summed E-state index contributed by atoms with van der Waals surface area (Å²) in [7, 11) is 0. The largest absolute Gasteiger partial charge is 0.508 e. The van der Waals surface area contributed by atoms with Gasteiger partial charge in [0.1, 0.15) is 5.75 Å². The van der Waals surface area contributed by atoms with Gasteiger partial charge < -0.3 is 10.4 Å². The highest BCUT2D eigenvalue weighted by Gasteiger charge is 2.26. The van der Waals surface area contributed by atoms with Gasteiger partial charge in [-0.15, -0.1) is 0 Å².